The Morgan fingerprint density at radius 1 is 1.25 bits per heavy atom. The summed E-state index contributed by atoms with van der Waals surface area (Å²) in [5.74, 6) is -1.15. The molecule has 1 aliphatic rings. The van der Waals surface area contributed by atoms with E-state index in [0.29, 0.717) is 6.42 Å². The molecule has 110 valence electrons. The van der Waals surface area contributed by atoms with Gasteiger partial charge in [-0.25, -0.2) is 8.42 Å². The first-order valence-electron chi connectivity index (χ1n) is 6.09. The molecule has 1 saturated heterocycles. The lowest BCUT2D eigenvalue weighted by molar-refractivity contribution is -0.137. The van der Waals surface area contributed by atoms with E-state index in [1.165, 1.54) is 12.1 Å². The van der Waals surface area contributed by atoms with Crippen LogP contribution in [-0.2, 0) is 16.0 Å². The van der Waals surface area contributed by atoms with Crippen LogP contribution in [0.2, 0.25) is 0 Å². The van der Waals surface area contributed by atoms with Crippen molar-refractivity contribution in [1.29, 1.82) is 0 Å². The van der Waals surface area contributed by atoms with Crippen LogP contribution in [0.1, 0.15) is 28.8 Å². The van der Waals surface area contributed by atoms with Gasteiger partial charge < -0.3 is 0 Å². The van der Waals surface area contributed by atoms with Gasteiger partial charge in [0, 0.05) is 12.0 Å². The molecule has 1 heterocycles. The summed E-state index contributed by atoms with van der Waals surface area (Å²) in [5, 5.41) is 0. The Balaban J connectivity index is 2.19. The Kier molecular flexibility index (Phi) is 3.90. The van der Waals surface area contributed by atoms with Crippen molar-refractivity contribution in [3.63, 3.8) is 0 Å². The molecular weight excluding hydrogens is 293 g/mol. The number of rotatable bonds is 3. The summed E-state index contributed by atoms with van der Waals surface area (Å²) >= 11 is 0. The molecule has 20 heavy (non-hydrogen) atoms. The number of benzene rings is 1. The maximum absolute atomic E-state index is 12.8. The lowest BCUT2D eigenvalue weighted by Crippen LogP contribution is -2.16. The quantitative estimate of drug-likeness (QED) is 0.807. The molecule has 1 fully saturated rings. The smallest absolute Gasteiger partial charge is 0.294 e. The van der Waals surface area contributed by atoms with E-state index >= 15 is 0 Å². The lowest BCUT2D eigenvalue weighted by atomic mass is 9.95. The molecule has 0 radical (unpaired) electrons. The number of sulfone groups is 1. The minimum Gasteiger partial charge on any atom is -0.294 e. The predicted octanol–water partition coefficient (Wildman–Crippen LogP) is 2.71. The highest BCUT2D eigenvalue weighted by molar-refractivity contribution is 7.91. The third kappa shape index (κ3) is 3.39. The van der Waals surface area contributed by atoms with Gasteiger partial charge in [-0.1, -0.05) is 18.2 Å². The minimum atomic E-state index is -4.59. The Labute approximate surface area is 114 Å². The van der Waals surface area contributed by atoms with Gasteiger partial charge in [0.15, 0.2) is 15.6 Å². The molecule has 1 aromatic rings. The largest absolute Gasteiger partial charge is 0.417 e. The summed E-state index contributed by atoms with van der Waals surface area (Å²) in [7, 11) is -3.14. The number of carbonyl (C=O) groups is 1. The molecule has 0 aliphatic carbocycles. The van der Waals surface area contributed by atoms with E-state index in [2.05, 4.69) is 0 Å². The monoisotopic (exact) mass is 306 g/mol. The Morgan fingerprint density at radius 2 is 1.90 bits per heavy atom. The van der Waals surface area contributed by atoms with Crippen molar-refractivity contribution in [2.75, 3.05) is 11.5 Å². The van der Waals surface area contributed by atoms with Crippen LogP contribution < -0.4 is 0 Å². The van der Waals surface area contributed by atoms with Crippen molar-refractivity contribution in [1.82, 2.24) is 0 Å². The normalized spacial score (nSPS) is 21.9. The zero-order valence-electron chi connectivity index (χ0n) is 10.5. The number of hydrogen-bond donors (Lipinski definition) is 0. The maximum Gasteiger partial charge on any atom is 0.417 e. The third-order valence-corrected chi connectivity index (χ3v) is 5.17. The van der Waals surface area contributed by atoms with Crippen molar-refractivity contribution < 1.29 is 26.4 Å². The van der Waals surface area contributed by atoms with Gasteiger partial charge in [-0.2, -0.15) is 13.2 Å². The van der Waals surface area contributed by atoms with Gasteiger partial charge in [0.1, 0.15) is 0 Å². The van der Waals surface area contributed by atoms with Crippen molar-refractivity contribution in [2.24, 2.45) is 5.92 Å². The Hall–Kier alpha value is -1.37. The fraction of sp³-hybridized carbons (Fsp3) is 0.462. The minimum absolute atomic E-state index is 0.00582. The van der Waals surface area contributed by atoms with Crippen LogP contribution in [0.15, 0.2) is 24.3 Å². The SMILES string of the molecule is O=C(CC1CCS(=O)(=O)C1)c1ccccc1C(F)(F)F. The summed E-state index contributed by atoms with van der Waals surface area (Å²) in [6, 6.07) is 4.58. The van der Waals surface area contributed by atoms with Crippen LogP contribution in [0.5, 0.6) is 0 Å². The molecule has 0 aromatic heterocycles. The average molecular weight is 306 g/mol. The van der Waals surface area contributed by atoms with Gasteiger partial charge in [-0.15, -0.1) is 0 Å². The van der Waals surface area contributed by atoms with E-state index in [4.69, 9.17) is 0 Å². The Morgan fingerprint density at radius 3 is 2.45 bits per heavy atom. The summed E-state index contributed by atoms with van der Waals surface area (Å²) in [4.78, 5) is 12.0. The van der Waals surface area contributed by atoms with Crippen molar-refractivity contribution in [3.8, 4) is 0 Å². The average Bonchev–Trinajstić information content (AvgIpc) is 2.67. The van der Waals surface area contributed by atoms with E-state index < -0.39 is 27.4 Å². The van der Waals surface area contributed by atoms with Crippen molar-refractivity contribution in [2.45, 2.75) is 19.0 Å². The highest BCUT2D eigenvalue weighted by Gasteiger charge is 2.36. The first-order chi connectivity index (χ1) is 9.19. The van der Waals surface area contributed by atoms with Gasteiger partial charge in [-0.3, -0.25) is 4.79 Å². The summed E-state index contributed by atoms with van der Waals surface area (Å²) in [6.45, 7) is 0. The molecule has 3 nitrogen and oxygen atoms in total. The van der Waals surface area contributed by atoms with Gasteiger partial charge in [0.25, 0.3) is 0 Å². The van der Waals surface area contributed by atoms with Crippen LogP contribution in [0.25, 0.3) is 0 Å². The van der Waals surface area contributed by atoms with Crippen molar-refractivity contribution in [3.05, 3.63) is 35.4 Å². The second-order valence-electron chi connectivity index (χ2n) is 4.94. The lowest BCUT2D eigenvalue weighted by Gasteiger charge is -2.13. The molecule has 0 amide bonds. The summed E-state index contributed by atoms with van der Waals surface area (Å²) in [5.41, 5.74) is -1.35. The molecule has 7 heteroatoms. The number of Topliss-reactive ketones (excluding diaryl/α,β-unsaturated/α-hetero) is 1. The molecule has 2 rings (SSSR count). The van der Waals surface area contributed by atoms with E-state index in [9.17, 15) is 26.4 Å². The zero-order valence-corrected chi connectivity index (χ0v) is 11.3. The van der Waals surface area contributed by atoms with Crippen LogP contribution >= 0.6 is 0 Å². The standard InChI is InChI=1S/C13H13F3O3S/c14-13(15,16)11-4-2-1-3-10(11)12(17)7-9-5-6-20(18,19)8-9/h1-4,9H,5-8H2. The summed E-state index contributed by atoms with van der Waals surface area (Å²) < 4.78 is 61.0. The van der Waals surface area contributed by atoms with Gasteiger partial charge in [-0.05, 0) is 18.4 Å². The molecule has 1 atom stereocenters. The third-order valence-electron chi connectivity index (χ3n) is 3.33. The molecule has 0 spiro atoms. The Bertz CT molecular complexity index is 620. The molecule has 1 unspecified atom stereocenters. The molecule has 0 N–H and O–H groups in total. The molecule has 0 saturated carbocycles. The second-order valence-corrected chi connectivity index (χ2v) is 7.17. The number of halogens is 3. The van der Waals surface area contributed by atoms with E-state index in [0.717, 1.165) is 12.1 Å². The highest BCUT2D eigenvalue weighted by atomic mass is 32.2. The fourth-order valence-corrected chi connectivity index (χ4v) is 4.24. The molecule has 0 bridgehead atoms. The highest BCUT2D eigenvalue weighted by Crippen LogP contribution is 2.33. The van der Waals surface area contributed by atoms with Gasteiger partial charge in [0.2, 0.25) is 0 Å². The number of alkyl halides is 3. The molecular formula is C13H13F3O3S. The summed E-state index contributed by atoms with van der Waals surface area (Å²) in [6.07, 6.45) is -4.41. The zero-order chi connectivity index (χ0) is 15.0. The second kappa shape index (κ2) is 5.20. The van der Waals surface area contributed by atoms with Gasteiger partial charge >= 0.3 is 6.18 Å². The van der Waals surface area contributed by atoms with Gasteiger partial charge in [0.05, 0.1) is 17.1 Å². The number of ketones is 1. The predicted molar refractivity (Wildman–Crippen MR) is 67.2 cm³/mol. The number of hydrogen-bond acceptors (Lipinski definition) is 3. The van der Waals surface area contributed by atoms with E-state index in [1.54, 1.807) is 0 Å². The van der Waals surface area contributed by atoms with Crippen LogP contribution in [0, 0.1) is 5.92 Å². The van der Waals surface area contributed by atoms with Crippen LogP contribution in [0.4, 0.5) is 13.2 Å². The first-order valence-corrected chi connectivity index (χ1v) is 7.91. The fourth-order valence-electron chi connectivity index (χ4n) is 2.38. The van der Waals surface area contributed by atoms with Crippen LogP contribution in [-0.4, -0.2) is 25.7 Å². The van der Waals surface area contributed by atoms with Crippen molar-refractivity contribution >= 4 is 15.6 Å². The first kappa shape index (κ1) is 15.0. The molecule has 1 aliphatic heterocycles. The van der Waals surface area contributed by atoms with Crippen LogP contribution in [0.3, 0.4) is 0 Å². The molecule has 1 aromatic carbocycles. The van der Waals surface area contributed by atoms with E-state index in [1.807, 2.05) is 0 Å². The topological polar surface area (TPSA) is 51.2 Å². The number of carbonyl (C=O) groups excluding carboxylic acids is 1. The maximum atomic E-state index is 12.8. The van der Waals surface area contributed by atoms with E-state index in [-0.39, 0.29) is 29.4 Å².